The second-order valence-electron chi connectivity index (χ2n) is 21.2. The van der Waals surface area contributed by atoms with E-state index in [-0.39, 0.29) is 29.4 Å². The number of carbonyl (C=O) groups is 2. The fraction of sp³-hybridized carbons (Fsp3) is 0.811. The maximum absolute atomic E-state index is 13.0. The molecule has 0 aromatic heterocycles. The van der Waals surface area contributed by atoms with Crippen LogP contribution < -0.4 is 5.32 Å². The molecule has 1 saturated heterocycles. The highest BCUT2D eigenvalue weighted by atomic mass is 16.6. The van der Waals surface area contributed by atoms with E-state index in [0.29, 0.717) is 34.7 Å². The Balaban J connectivity index is 0.000000828. The number of esters is 1. The summed E-state index contributed by atoms with van der Waals surface area (Å²) in [4.78, 5) is 21.3. The van der Waals surface area contributed by atoms with E-state index in [2.05, 4.69) is 126 Å². The lowest BCUT2D eigenvalue weighted by Gasteiger charge is -2.69. The predicted octanol–water partition coefficient (Wildman–Crippen LogP) is 13.7. The Morgan fingerprint density at radius 2 is 1.44 bits per heavy atom. The van der Waals surface area contributed by atoms with E-state index in [1.165, 1.54) is 88.3 Å². The molecule has 0 amide bonds. The number of carbonyl (C=O) groups excluding carboxylic acids is 1. The molecule has 2 N–H and O–H groups in total. The van der Waals surface area contributed by atoms with Crippen LogP contribution in [0.3, 0.4) is 0 Å². The summed E-state index contributed by atoms with van der Waals surface area (Å²) in [6, 6.07) is 8.92. The van der Waals surface area contributed by atoms with Crippen LogP contribution in [-0.2, 0) is 25.6 Å². The SMILES string of the molecule is C#C.CC.CCC.CCC.C[C@@H]1CCC2(CNCc3ccccc3C3CO3)CCC3C(CCC4C3(C)CCC3C(C)(C)C(OC(=O)CC(C)(C)C)CCC34C)C12.O=CO. The van der Waals surface area contributed by atoms with Gasteiger partial charge in [-0.2, -0.15) is 0 Å². The van der Waals surface area contributed by atoms with Crippen molar-refractivity contribution in [1.29, 1.82) is 0 Å². The molecule has 7 rings (SSSR count). The van der Waals surface area contributed by atoms with Gasteiger partial charge in [-0.1, -0.05) is 134 Å². The fourth-order valence-corrected chi connectivity index (χ4v) is 13.6. The van der Waals surface area contributed by atoms with E-state index in [4.69, 9.17) is 19.4 Å². The Bertz CT molecular complexity index is 1420. The molecule has 6 nitrogen and oxygen atoms in total. The third kappa shape index (κ3) is 12.2. The number of nitrogens with one attached hydrogen (secondary N) is 1. The van der Waals surface area contributed by atoms with Gasteiger partial charge in [-0.15, -0.1) is 12.8 Å². The number of carboxylic acid groups (broad SMARTS) is 1. The molecule has 6 fully saturated rings. The average molecular weight is 822 g/mol. The van der Waals surface area contributed by atoms with Crippen LogP contribution in [0, 0.1) is 75.4 Å². The number of terminal acetylenes is 1. The van der Waals surface area contributed by atoms with Crippen LogP contribution in [0.4, 0.5) is 0 Å². The van der Waals surface area contributed by atoms with Gasteiger partial charge < -0.3 is 19.9 Å². The van der Waals surface area contributed by atoms with Crippen molar-refractivity contribution in [1.82, 2.24) is 5.32 Å². The maximum atomic E-state index is 13.0. The van der Waals surface area contributed by atoms with Crippen LogP contribution in [0.15, 0.2) is 24.3 Å². The largest absolute Gasteiger partial charge is 0.483 e. The zero-order valence-corrected chi connectivity index (χ0v) is 40.6. The molecule has 0 spiro atoms. The van der Waals surface area contributed by atoms with Gasteiger partial charge in [0, 0.05) is 18.5 Å². The van der Waals surface area contributed by atoms with E-state index in [1.807, 2.05) is 13.8 Å². The van der Waals surface area contributed by atoms with Crippen molar-refractivity contribution in [2.24, 2.45) is 62.6 Å². The minimum atomic E-state index is -0.250. The number of hydrogen-bond acceptors (Lipinski definition) is 5. The molecule has 10 unspecified atom stereocenters. The third-order valence-corrected chi connectivity index (χ3v) is 15.5. The highest BCUT2D eigenvalue weighted by Gasteiger charge is 2.67. The van der Waals surface area contributed by atoms with Crippen molar-refractivity contribution < 1.29 is 24.2 Å². The Labute approximate surface area is 363 Å². The number of rotatable bonds is 7. The molecule has 0 radical (unpaired) electrons. The van der Waals surface area contributed by atoms with Crippen molar-refractivity contribution >= 4 is 12.4 Å². The minimum Gasteiger partial charge on any atom is -0.483 e. The number of ether oxygens (including phenoxy) is 2. The Hall–Kier alpha value is -2.36. The van der Waals surface area contributed by atoms with Gasteiger partial charge in [0.05, 0.1) is 13.0 Å². The van der Waals surface area contributed by atoms with Crippen LogP contribution in [0.2, 0.25) is 0 Å². The summed E-state index contributed by atoms with van der Waals surface area (Å²) in [6.07, 6.45) is 24.7. The van der Waals surface area contributed by atoms with Crippen molar-refractivity contribution in [3.63, 3.8) is 0 Å². The second-order valence-corrected chi connectivity index (χ2v) is 21.2. The first kappa shape index (κ1) is 52.8. The monoisotopic (exact) mass is 822 g/mol. The summed E-state index contributed by atoms with van der Waals surface area (Å²) in [6.45, 7) is 34.6. The predicted molar refractivity (Wildman–Crippen MR) is 248 cm³/mol. The molecule has 1 aromatic carbocycles. The van der Waals surface area contributed by atoms with Gasteiger partial charge in [0.2, 0.25) is 0 Å². The molecular formula is C53H91NO5. The lowest BCUT2D eigenvalue weighted by Crippen LogP contribution is -2.64. The van der Waals surface area contributed by atoms with E-state index in [0.717, 1.165) is 49.2 Å². The number of fused-ring (bicyclic) bond motifs is 7. The lowest BCUT2D eigenvalue weighted by molar-refractivity contribution is -0.223. The minimum absolute atomic E-state index is 0.00216. The number of epoxide rings is 1. The summed E-state index contributed by atoms with van der Waals surface area (Å²) in [5.41, 5.74) is 4.05. The average Bonchev–Trinajstić information content (AvgIpc) is 3.97. The number of hydrogen-bond donors (Lipinski definition) is 2. The molecule has 5 saturated carbocycles. The zero-order valence-electron chi connectivity index (χ0n) is 40.6. The Morgan fingerprint density at radius 3 is 2.02 bits per heavy atom. The first-order chi connectivity index (χ1) is 27.9. The maximum Gasteiger partial charge on any atom is 0.306 e. The summed E-state index contributed by atoms with van der Waals surface area (Å²) in [7, 11) is 0. The van der Waals surface area contributed by atoms with Gasteiger partial charge in [-0.3, -0.25) is 9.59 Å². The first-order valence-corrected chi connectivity index (χ1v) is 23.9. The highest BCUT2D eigenvalue weighted by Crippen LogP contribution is 2.73. The molecule has 5 aliphatic carbocycles. The first-order valence-electron chi connectivity index (χ1n) is 23.9. The molecule has 1 aliphatic heterocycles. The van der Waals surface area contributed by atoms with E-state index in [1.54, 1.807) is 0 Å². The third-order valence-electron chi connectivity index (χ3n) is 15.5. The highest BCUT2D eigenvalue weighted by molar-refractivity contribution is 5.70. The van der Waals surface area contributed by atoms with Crippen molar-refractivity contribution in [2.45, 2.75) is 199 Å². The molecule has 338 valence electrons. The Kier molecular flexibility index (Phi) is 20.7. The Morgan fingerprint density at radius 1 is 0.881 bits per heavy atom. The van der Waals surface area contributed by atoms with Gasteiger partial charge in [0.15, 0.2) is 0 Å². The fourth-order valence-electron chi connectivity index (χ4n) is 13.6. The van der Waals surface area contributed by atoms with Crippen LogP contribution in [-0.4, -0.2) is 36.8 Å². The van der Waals surface area contributed by atoms with Gasteiger partial charge in [0.25, 0.3) is 6.47 Å². The van der Waals surface area contributed by atoms with Gasteiger partial charge in [0.1, 0.15) is 12.2 Å². The summed E-state index contributed by atoms with van der Waals surface area (Å²) in [5, 5.41) is 10.9. The summed E-state index contributed by atoms with van der Waals surface area (Å²) in [5.74, 6) is 4.85. The molecule has 1 aromatic rings. The molecule has 6 heteroatoms. The van der Waals surface area contributed by atoms with E-state index >= 15 is 0 Å². The standard InChI is InChI=1S/C42H65NO3.2C3H8.C2H6.C2H2.CH2O2/c1-27-15-21-42(26-43-24-28-11-9-10-12-29(28)32-25-45-32)22-16-31-30(37(27)42)13-14-34-40(31,7)19-17-33-39(5,6)35(18-20-41(33,34)8)46-36(44)23-38(2,3)4;2*1-3-2;2*1-2;2-1-3/h9-12,27,30-35,37,43H,13-26H2,1-8H3;2*3H2,1-2H3;1-2H3;1-2H;1H,(H,2,3)/t27-,30?,31?,32?,33?,34?,35?,37?,40?,41?,42?;;;;;/m1...../s1. The normalized spacial score (nSPS) is 35.5. The molecule has 6 aliphatic rings. The van der Waals surface area contributed by atoms with E-state index in [9.17, 15) is 4.79 Å². The van der Waals surface area contributed by atoms with Crippen molar-refractivity contribution in [3.8, 4) is 12.8 Å². The van der Waals surface area contributed by atoms with Gasteiger partial charge >= 0.3 is 5.97 Å². The lowest BCUT2D eigenvalue weighted by atomic mass is 9.36. The number of benzene rings is 1. The summed E-state index contributed by atoms with van der Waals surface area (Å²) < 4.78 is 12.0. The van der Waals surface area contributed by atoms with Gasteiger partial charge in [-0.25, -0.2) is 0 Å². The molecular weight excluding hydrogens is 731 g/mol. The van der Waals surface area contributed by atoms with Crippen LogP contribution in [0.5, 0.6) is 0 Å². The van der Waals surface area contributed by atoms with Crippen molar-refractivity contribution in [2.75, 3.05) is 13.2 Å². The molecule has 59 heavy (non-hydrogen) atoms. The quantitative estimate of drug-likeness (QED) is 0.123. The zero-order chi connectivity index (χ0) is 44.8. The van der Waals surface area contributed by atoms with Gasteiger partial charge in [-0.05, 0) is 133 Å². The topological polar surface area (TPSA) is 88.2 Å². The second kappa shape index (κ2) is 23.2. The van der Waals surface area contributed by atoms with Crippen LogP contribution in [0.1, 0.15) is 198 Å². The summed E-state index contributed by atoms with van der Waals surface area (Å²) >= 11 is 0. The van der Waals surface area contributed by atoms with Crippen molar-refractivity contribution in [3.05, 3.63) is 35.4 Å². The molecule has 1 heterocycles. The van der Waals surface area contributed by atoms with Crippen LogP contribution >= 0.6 is 0 Å². The van der Waals surface area contributed by atoms with E-state index < -0.39 is 0 Å². The molecule has 11 atom stereocenters. The smallest absolute Gasteiger partial charge is 0.306 e. The van der Waals surface area contributed by atoms with Crippen LogP contribution in [0.25, 0.3) is 0 Å². The molecule has 0 bridgehead atoms.